The smallest absolute Gasteiger partial charge is 0.122 e. The first-order valence-corrected chi connectivity index (χ1v) is 5.67. The van der Waals surface area contributed by atoms with Crippen molar-refractivity contribution in [3.8, 4) is 5.75 Å². The lowest BCUT2D eigenvalue weighted by Gasteiger charge is -2.13. The van der Waals surface area contributed by atoms with Crippen LogP contribution in [0, 0.1) is 19.8 Å². The minimum absolute atomic E-state index is 0.685. The number of hydrogen-bond donors (Lipinski definition) is 1. The summed E-state index contributed by atoms with van der Waals surface area (Å²) in [6.45, 7) is 7.33. The van der Waals surface area contributed by atoms with Crippen molar-refractivity contribution in [2.24, 2.45) is 5.92 Å². The van der Waals surface area contributed by atoms with Crippen molar-refractivity contribution in [3.05, 3.63) is 29.3 Å². The molecule has 1 N–H and O–H groups in total. The topological polar surface area (TPSA) is 21.3 Å². The normalized spacial score (nSPS) is 20.5. The number of hydrogen-bond acceptors (Lipinski definition) is 2. The number of ether oxygens (including phenoxy) is 1. The van der Waals surface area contributed by atoms with E-state index in [1.165, 1.54) is 17.5 Å². The molecule has 0 aromatic heterocycles. The van der Waals surface area contributed by atoms with Crippen LogP contribution >= 0.6 is 0 Å². The summed E-state index contributed by atoms with van der Waals surface area (Å²) in [4.78, 5) is 0. The molecule has 0 aliphatic carbocycles. The van der Waals surface area contributed by atoms with Crippen molar-refractivity contribution in [3.63, 3.8) is 0 Å². The summed E-state index contributed by atoms with van der Waals surface area (Å²) in [7, 11) is 0. The van der Waals surface area contributed by atoms with Gasteiger partial charge < -0.3 is 10.1 Å². The minimum atomic E-state index is 0.685. The van der Waals surface area contributed by atoms with E-state index < -0.39 is 0 Å². The van der Waals surface area contributed by atoms with Crippen LogP contribution in [-0.2, 0) is 0 Å². The van der Waals surface area contributed by atoms with Gasteiger partial charge in [-0.2, -0.15) is 0 Å². The molecule has 1 aromatic carbocycles. The molecule has 1 unspecified atom stereocenters. The number of nitrogens with one attached hydrogen (secondary N) is 1. The molecule has 2 heteroatoms. The van der Waals surface area contributed by atoms with Crippen molar-refractivity contribution in [1.82, 2.24) is 5.32 Å². The van der Waals surface area contributed by atoms with Gasteiger partial charge in [-0.15, -0.1) is 0 Å². The van der Waals surface area contributed by atoms with Gasteiger partial charge in [-0.3, -0.25) is 0 Å². The zero-order valence-electron chi connectivity index (χ0n) is 9.55. The Kier molecular flexibility index (Phi) is 3.27. The SMILES string of the molecule is Cc1cccc(OCC2CCNC2)c1C. The molecular weight excluding hydrogens is 186 g/mol. The molecule has 1 saturated heterocycles. The lowest BCUT2D eigenvalue weighted by atomic mass is 10.1. The Morgan fingerprint density at radius 1 is 1.40 bits per heavy atom. The van der Waals surface area contributed by atoms with E-state index in [0.717, 1.165) is 25.4 Å². The molecule has 2 nitrogen and oxygen atoms in total. The molecule has 1 aromatic rings. The maximum atomic E-state index is 5.86. The number of rotatable bonds is 3. The van der Waals surface area contributed by atoms with Gasteiger partial charge >= 0.3 is 0 Å². The molecule has 1 aliphatic heterocycles. The second-order valence-electron chi connectivity index (χ2n) is 4.37. The van der Waals surface area contributed by atoms with E-state index in [1.54, 1.807) is 0 Å². The van der Waals surface area contributed by atoms with Crippen LogP contribution in [0.25, 0.3) is 0 Å². The molecule has 15 heavy (non-hydrogen) atoms. The van der Waals surface area contributed by atoms with E-state index in [2.05, 4.69) is 37.4 Å². The Morgan fingerprint density at radius 3 is 3.00 bits per heavy atom. The first kappa shape index (κ1) is 10.5. The highest BCUT2D eigenvalue weighted by Gasteiger charge is 2.15. The predicted molar refractivity (Wildman–Crippen MR) is 62.4 cm³/mol. The predicted octanol–water partition coefficient (Wildman–Crippen LogP) is 2.29. The summed E-state index contributed by atoms with van der Waals surface area (Å²) >= 11 is 0. The molecular formula is C13H19NO. The summed E-state index contributed by atoms with van der Waals surface area (Å²) in [5.41, 5.74) is 2.57. The van der Waals surface area contributed by atoms with E-state index in [0.29, 0.717) is 5.92 Å². The maximum Gasteiger partial charge on any atom is 0.122 e. The van der Waals surface area contributed by atoms with Crippen LogP contribution in [-0.4, -0.2) is 19.7 Å². The Morgan fingerprint density at radius 2 is 2.27 bits per heavy atom. The van der Waals surface area contributed by atoms with Crippen molar-refractivity contribution in [1.29, 1.82) is 0 Å². The number of aryl methyl sites for hydroxylation is 1. The average molecular weight is 205 g/mol. The van der Waals surface area contributed by atoms with E-state index in [4.69, 9.17) is 4.74 Å². The third-order valence-corrected chi connectivity index (χ3v) is 3.19. The van der Waals surface area contributed by atoms with Crippen LogP contribution in [0.15, 0.2) is 18.2 Å². The van der Waals surface area contributed by atoms with Crippen molar-refractivity contribution < 1.29 is 4.74 Å². The van der Waals surface area contributed by atoms with Gasteiger partial charge in [0.25, 0.3) is 0 Å². The van der Waals surface area contributed by atoms with Gasteiger partial charge in [-0.05, 0) is 44.0 Å². The van der Waals surface area contributed by atoms with Gasteiger partial charge in [0.15, 0.2) is 0 Å². The summed E-state index contributed by atoms with van der Waals surface area (Å²) in [5.74, 6) is 1.73. The lowest BCUT2D eigenvalue weighted by molar-refractivity contribution is 0.258. The van der Waals surface area contributed by atoms with Crippen LogP contribution in [0.1, 0.15) is 17.5 Å². The lowest BCUT2D eigenvalue weighted by Crippen LogP contribution is -2.15. The Labute approximate surface area is 91.6 Å². The molecule has 0 spiro atoms. The fourth-order valence-electron chi connectivity index (χ4n) is 1.94. The Hall–Kier alpha value is -1.02. The van der Waals surface area contributed by atoms with Gasteiger partial charge in [0.05, 0.1) is 6.61 Å². The maximum absolute atomic E-state index is 5.86. The van der Waals surface area contributed by atoms with Gasteiger partial charge in [0.2, 0.25) is 0 Å². The molecule has 0 saturated carbocycles. The van der Waals surface area contributed by atoms with Crippen molar-refractivity contribution in [2.45, 2.75) is 20.3 Å². The quantitative estimate of drug-likeness (QED) is 0.817. The first-order valence-electron chi connectivity index (χ1n) is 5.67. The number of benzene rings is 1. The Bertz CT molecular complexity index is 329. The van der Waals surface area contributed by atoms with Crippen molar-refractivity contribution in [2.75, 3.05) is 19.7 Å². The van der Waals surface area contributed by atoms with E-state index in [1.807, 2.05) is 0 Å². The van der Waals surface area contributed by atoms with Gasteiger partial charge in [0.1, 0.15) is 5.75 Å². The summed E-state index contributed by atoms with van der Waals surface area (Å²) in [5, 5.41) is 3.35. The van der Waals surface area contributed by atoms with Gasteiger partial charge in [-0.1, -0.05) is 12.1 Å². The fourth-order valence-corrected chi connectivity index (χ4v) is 1.94. The second-order valence-corrected chi connectivity index (χ2v) is 4.37. The summed E-state index contributed by atoms with van der Waals surface area (Å²) in [6.07, 6.45) is 1.24. The highest BCUT2D eigenvalue weighted by molar-refractivity contribution is 5.38. The standard InChI is InChI=1S/C13H19NO/c1-10-4-3-5-13(11(10)2)15-9-12-6-7-14-8-12/h3-5,12,14H,6-9H2,1-2H3. The molecule has 0 bridgehead atoms. The first-order chi connectivity index (χ1) is 7.27. The van der Waals surface area contributed by atoms with E-state index in [-0.39, 0.29) is 0 Å². The monoisotopic (exact) mass is 205 g/mol. The average Bonchev–Trinajstić information content (AvgIpc) is 2.73. The molecule has 1 aliphatic rings. The fraction of sp³-hybridized carbons (Fsp3) is 0.538. The van der Waals surface area contributed by atoms with Crippen LogP contribution in [0.5, 0.6) is 5.75 Å². The molecule has 0 amide bonds. The largest absolute Gasteiger partial charge is 0.493 e. The summed E-state index contributed by atoms with van der Waals surface area (Å²) < 4.78 is 5.86. The van der Waals surface area contributed by atoms with Gasteiger partial charge in [0, 0.05) is 12.5 Å². The van der Waals surface area contributed by atoms with Crippen LogP contribution in [0.4, 0.5) is 0 Å². The Balaban J connectivity index is 1.95. The van der Waals surface area contributed by atoms with E-state index >= 15 is 0 Å². The zero-order chi connectivity index (χ0) is 10.7. The minimum Gasteiger partial charge on any atom is -0.493 e. The van der Waals surface area contributed by atoms with Crippen LogP contribution in [0.2, 0.25) is 0 Å². The molecule has 1 atom stereocenters. The third kappa shape index (κ3) is 2.51. The zero-order valence-corrected chi connectivity index (χ0v) is 9.55. The molecule has 1 fully saturated rings. The van der Waals surface area contributed by atoms with Gasteiger partial charge in [-0.25, -0.2) is 0 Å². The molecule has 2 rings (SSSR count). The third-order valence-electron chi connectivity index (χ3n) is 3.19. The second kappa shape index (κ2) is 4.67. The summed E-state index contributed by atoms with van der Waals surface area (Å²) in [6, 6.07) is 6.24. The molecule has 82 valence electrons. The highest BCUT2D eigenvalue weighted by atomic mass is 16.5. The highest BCUT2D eigenvalue weighted by Crippen LogP contribution is 2.21. The molecule has 0 radical (unpaired) electrons. The van der Waals surface area contributed by atoms with E-state index in [9.17, 15) is 0 Å². The molecule has 1 heterocycles. The van der Waals surface area contributed by atoms with Crippen LogP contribution in [0.3, 0.4) is 0 Å². The van der Waals surface area contributed by atoms with Crippen molar-refractivity contribution >= 4 is 0 Å². The van der Waals surface area contributed by atoms with Crippen LogP contribution < -0.4 is 10.1 Å².